The van der Waals surface area contributed by atoms with E-state index in [1.54, 1.807) is 26.2 Å². The summed E-state index contributed by atoms with van der Waals surface area (Å²) < 4.78 is 5.57. The fourth-order valence-corrected chi connectivity index (χ4v) is 3.57. The van der Waals surface area contributed by atoms with Gasteiger partial charge in [-0.2, -0.15) is 0 Å². The number of carbonyl (C=O) groups is 2. The SMILES string of the molecule is CN(C)C(=O)COc1ccccc1C(=O)NCC12CCN(CC1)CC2. The minimum atomic E-state index is -0.136. The van der Waals surface area contributed by atoms with Gasteiger partial charge in [0.15, 0.2) is 6.61 Å². The van der Waals surface area contributed by atoms with Gasteiger partial charge in [-0.05, 0) is 56.4 Å². The lowest BCUT2D eigenvalue weighted by atomic mass is 9.72. The first-order chi connectivity index (χ1) is 12.0. The summed E-state index contributed by atoms with van der Waals surface area (Å²) in [7, 11) is 3.36. The smallest absolute Gasteiger partial charge is 0.259 e. The monoisotopic (exact) mass is 345 g/mol. The number of benzene rings is 1. The highest BCUT2D eigenvalue weighted by Crippen LogP contribution is 2.39. The average Bonchev–Trinajstić information content (AvgIpc) is 2.66. The number of likely N-dealkylation sites (N-methyl/N-ethyl adjacent to an activating group) is 1. The van der Waals surface area contributed by atoms with E-state index < -0.39 is 0 Å². The van der Waals surface area contributed by atoms with Crippen LogP contribution in [0.25, 0.3) is 0 Å². The minimum Gasteiger partial charge on any atom is -0.483 e. The van der Waals surface area contributed by atoms with Gasteiger partial charge < -0.3 is 19.9 Å². The van der Waals surface area contributed by atoms with Crippen LogP contribution in [0.5, 0.6) is 5.75 Å². The molecule has 0 unspecified atom stereocenters. The molecule has 1 aromatic rings. The van der Waals surface area contributed by atoms with Gasteiger partial charge in [0.2, 0.25) is 0 Å². The molecule has 0 atom stereocenters. The van der Waals surface area contributed by atoms with Crippen molar-refractivity contribution in [3.63, 3.8) is 0 Å². The second kappa shape index (κ2) is 7.44. The van der Waals surface area contributed by atoms with Crippen molar-refractivity contribution in [1.29, 1.82) is 0 Å². The number of fused-ring (bicyclic) bond motifs is 3. The number of rotatable bonds is 6. The van der Waals surface area contributed by atoms with Crippen molar-refractivity contribution in [3.05, 3.63) is 29.8 Å². The van der Waals surface area contributed by atoms with E-state index in [1.165, 1.54) is 4.90 Å². The Balaban J connectivity index is 1.61. The standard InChI is InChI=1S/C19H27N3O3/c1-21(2)17(23)13-25-16-6-4-3-5-15(16)18(24)20-14-19-7-10-22(11-8-19)12-9-19/h3-6H,7-14H2,1-2H3,(H,20,24). The minimum absolute atomic E-state index is 0.0724. The van der Waals surface area contributed by atoms with Gasteiger partial charge in [-0.1, -0.05) is 12.1 Å². The van der Waals surface area contributed by atoms with Crippen molar-refractivity contribution in [3.8, 4) is 5.75 Å². The van der Waals surface area contributed by atoms with Crippen molar-refractivity contribution in [2.75, 3.05) is 46.9 Å². The maximum atomic E-state index is 12.7. The molecule has 0 saturated carbocycles. The molecule has 1 N–H and O–H groups in total. The number of amides is 2. The second-order valence-corrected chi connectivity index (χ2v) is 7.35. The molecule has 3 aliphatic heterocycles. The van der Waals surface area contributed by atoms with Gasteiger partial charge >= 0.3 is 0 Å². The zero-order valence-corrected chi connectivity index (χ0v) is 15.1. The van der Waals surface area contributed by atoms with E-state index in [9.17, 15) is 9.59 Å². The van der Waals surface area contributed by atoms with Crippen LogP contribution < -0.4 is 10.1 Å². The third-order valence-electron chi connectivity index (χ3n) is 5.48. The first kappa shape index (κ1) is 17.7. The zero-order chi connectivity index (χ0) is 17.9. The number of carbonyl (C=O) groups excluding carboxylic acids is 2. The summed E-state index contributed by atoms with van der Waals surface area (Å²) in [5.74, 6) is 0.185. The third kappa shape index (κ3) is 4.12. The highest BCUT2D eigenvalue weighted by atomic mass is 16.5. The molecule has 2 amide bonds. The lowest BCUT2D eigenvalue weighted by Crippen LogP contribution is -2.52. The molecule has 0 spiro atoms. The van der Waals surface area contributed by atoms with Gasteiger partial charge in [0, 0.05) is 20.6 Å². The van der Waals surface area contributed by atoms with E-state index in [-0.39, 0.29) is 23.8 Å². The van der Waals surface area contributed by atoms with Crippen LogP contribution in [0, 0.1) is 5.41 Å². The Morgan fingerprint density at radius 3 is 2.44 bits per heavy atom. The van der Waals surface area contributed by atoms with Gasteiger partial charge in [-0.3, -0.25) is 9.59 Å². The Kier molecular flexibility index (Phi) is 5.27. The Morgan fingerprint density at radius 1 is 1.16 bits per heavy atom. The number of hydrogen-bond acceptors (Lipinski definition) is 4. The van der Waals surface area contributed by atoms with Gasteiger partial charge in [0.05, 0.1) is 5.56 Å². The molecular formula is C19H27N3O3. The van der Waals surface area contributed by atoms with Crippen LogP contribution in [0.1, 0.15) is 29.6 Å². The summed E-state index contributed by atoms with van der Waals surface area (Å²) in [5, 5.41) is 3.10. The van der Waals surface area contributed by atoms with Crippen LogP contribution >= 0.6 is 0 Å². The third-order valence-corrected chi connectivity index (χ3v) is 5.48. The van der Waals surface area contributed by atoms with Crippen LogP contribution in [0.2, 0.25) is 0 Å². The predicted octanol–water partition coefficient (Wildman–Crippen LogP) is 1.37. The van der Waals surface area contributed by atoms with Crippen molar-refractivity contribution in [1.82, 2.24) is 15.1 Å². The molecule has 3 heterocycles. The maximum absolute atomic E-state index is 12.7. The second-order valence-electron chi connectivity index (χ2n) is 7.35. The van der Waals surface area contributed by atoms with E-state index in [0.29, 0.717) is 17.9 Å². The number of piperidine rings is 3. The summed E-state index contributed by atoms with van der Waals surface area (Å²) >= 11 is 0. The molecule has 4 rings (SSSR count). The quantitative estimate of drug-likeness (QED) is 0.846. The fraction of sp³-hybridized carbons (Fsp3) is 0.579. The van der Waals surface area contributed by atoms with Crippen molar-refractivity contribution in [2.45, 2.75) is 19.3 Å². The van der Waals surface area contributed by atoms with E-state index in [4.69, 9.17) is 4.74 Å². The Labute approximate surface area is 149 Å². The first-order valence-corrected chi connectivity index (χ1v) is 8.92. The van der Waals surface area contributed by atoms with E-state index in [0.717, 1.165) is 38.9 Å². The molecule has 0 radical (unpaired) electrons. The lowest BCUT2D eigenvalue weighted by molar-refractivity contribution is -0.130. The molecular weight excluding hydrogens is 318 g/mol. The number of para-hydroxylation sites is 1. The van der Waals surface area contributed by atoms with Crippen molar-refractivity contribution < 1.29 is 14.3 Å². The molecule has 3 saturated heterocycles. The molecule has 6 nitrogen and oxygen atoms in total. The van der Waals surface area contributed by atoms with E-state index in [1.807, 2.05) is 12.1 Å². The maximum Gasteiger partial charge on any atom is 0.259 e. The van der Waals surface area contributed by atoms with Gasteiger partial charge in [-0.15, -0.1) is 0 Å². The summed E-state index contributed by atoms with van der Waals surface area (Å²) in [6.45, 7) is 4.06. The summed E-state index contributed by atoms with van der Waals surface area (Å²) in [6.07, 6.45) is 3.47. The lowest BCUT2D eigenvalue weighted by Gasteiger charge is -2.48. The van der Waals surface area contributed by atoms with Crippen LogP contribution in [0.4, 0.5) is 0 Å². The molecule has 3 fully saturated rings. The molecule has 0 aliphatic carbocycles. The molecule has 1 aromatic carbocycles. The molecule has 0 aromatic heterocycles. The highest BCUT2D eigenvalue weighted by molar-refractivity contribution is 5.97. The average molecular weight is 345 g/mol. The van der Waals surface area contributed by atoms with Gasteiger partial charge in [-0.25, -0.2) is 0 Å². The van der Waals surface area contributed by atoms with Gasteiger partial charge in [0.1, 0.15) is 5.75 Å². The predicted molar refractivity (Wildman–Crippen MR) is 95.7 cm³/mol. The summed E-state index contributed by atoms with van der Waals surface area (Å²) in [5.41, 5.74) is 0.736. The summed E-state index contributed by atoms with van der Waals surface area (Å²) in [6, 6.07) is 7.09. The zero-order valence-electron chi connectivity index (χ0n) is 15.1. The molecule has 2 bridgehead atoms. The normalized spacial score (nSPS) is 24.6. The van der Waals surface area contributed by atoms with Crippen molar-refractivity contribution >= 4 is 11.8 Å². The molecule has 6 heteroatoms. The number of nitrogens with one attached hydrogen (secondary N) is 1. The van der Waals surface area contributed by atoms with Crippen LogP contribution in [-0.2, 0) is 4.79 Å². The molecule has 136 valence electrons. The molecule has 3 aliphatic rings. The number of nitrogens with zero attached hydrogens (tertiary/aromatic N) is 2. The van der Waals surface area contributed by atoms with Crippen LogP contribution in [0.15, 0.2) is 24.3 Å². The van der Waals surface area contributed by atoms with Crippen molar-refractivity contribution in [2.24, 2.45) is 5.41 Å². The van der Waals surface area contributed by atoms with E-state index in [2.05, 4.69) is 10.2 Å². The number of ether oxygens (including phenoxy) is 1. The van der Waals surface area contributed by atoms with Crippen LogP contribution in [-0.4, -0.2) is 68.5 Å². The summed E-state index contributed by atoms with van der Waals surface area (Å²) in [4.78, 5) is 28.3. The molecule has 25 heavy (non-hydrogen) atoms. The Bertz CT molecular complexity index is 623. The van der Waals surface area contributed by atoms with Gasteiger partial charge in [0.25, 0.3) is 11.8 Å². The van der Waals surface area contributed by atoms with E-state index >= 15 is 0 Å². The van der Waals surface area contributed by atoms with Crippen LogP contribution in [0.3, 0.4) is 0 Å². The fourth-order valence-electron chi connectivity index (χ4n) is 3.57. The number of hydrogen-bond donors (Lipinski definition) is 1. The highest BCUT2D eigenvalue weighted by Gasteiger charge is 2.39. The Hall–Kier alpha value is -2.08. The topological polar surface area (TPSA) is 61.9 Å². The largest absolute Gasteiger partial charge is 0.483 e. The first-order valence-electron chi connectivity index (χ1n) is 8.92. The Morgan fingerprint density at radius 2 is 1.80 bits per heavy atom.